The SMILES string of the molecule is CC(C)Oc1ccc(CNC(=O)CC2(O)CCCC2)cn1. The zero-order chi connectivity index (χ0) is 15.3. The summed E-state index contributed by atoms with van der Waals surface area (Å²) in [4.78, 5) is 16.1. The van der Waals surface area contributed by atoms with Crippen molar-refractivity contribution in [3.05, 3.63) is 23.9 Å². The van der Waals surface area contributed by atoms with Crippen LogP contribution in [0.1, 0.15) is 51.5 Å². The molecule has 1 heterocycles. The van der Waals surface area contributed by atoms with Crippen molar-refractivity contribution < 1.29 is 14.6 Å². The highest BCUT2D eigenvalue weighted by atomic mass is 16.5. The van der Waals surface area contributed by atoms with Gasteiger partial charge in [0.1, 0.15) is 0 Å². The Balaban J connectivity index is 1.78. The van der Waals surface area contributed by atoms with Crippen LogP contribution in [0.15, 0.2) is 18.3 Å². The zero-order valence-corrected chi connectivity index (χ0v) is 12.8. The Kier molecular flexibility index (Phi) is 5.17. The van der Waals surface area contributed by atoms with Crippen LogP contribution in [0.4, 0.5) is 0 Å². The standard InChI is InChI=1S/C16H24N2O3/c1-12(2)21-15-6-5-13(11-18-15)10-17-14(19)9-16(20)7-3-4-8-16/h5-6,11-12,20H,3-4,7-10H2,1-2H3,(H,17,19). The monoisotopic (exact) mass is 292 g/mol. The molecule has 1 fully saturated rings. The maximum atomic E-state index is 11.9. The van der Waals surface area contributed by atoms with Gasteiger partial charge in [0.05, 0.1) is 18.1 Å². The normalized spacial score (nSPS) is 17.0. The molecule has 0 radical (unpaired) electrons. The molecule has 5 nitrogen and oxygen atoms in total. The van der Waals surface area contributed by atoms with Gasteiger partial charge in [0.2, 0.25) is 11.8 Å². The Morgan fingerprint density at radius 3 is 2.71 bits per heavy atom. The maximum absolute atomic E-state index is 11.9. The van der Waals surface area contributed by atoms with E-state index in [-0.39, 0.29) is 18.4 Å². The topological polar surface area (TPSA) is 71.5 Å². The molecule has 1 aliphatic rings. The number of amides is 1. The molecule has 0 aromatic carbocycles. The Morgan fingerprint density at radius 2 is 2.14 bits per heavy atom. The van der Waals surface area contributed by atoms with E-state index < -0.39 is 5.60 Å². The van der Waals surface area contributed by atoms with Gasteiger partial charge in [-0.2, -0.15) is 0 Å². The molecule has 1 aromatic heterocycles. The molecule has 0 saturated heterocycles. The van der Waals surface area contributed by atoms with E-state index in [1.807, 2.05) is 19.9 Å². The molecule has 1 saturated carbocycles. The Morgan fingerprint density at radius 1 is 1.43 bits per heavy atom. The van der Waals surface area contributed by atoms with Gasteiger partial charge in [-0.1, -0.05) is 18.9 Å². The van der Waals surface area contributed by atoms with E-state index in [1.54, 1.807) is 12.3 Å². The van der Waals surface area contributed by atoms with Gasteiger partial charge in [0.15, 0.2) is 0 Å². The molecule has 1 amide bonds. The van der Waals surface area contributed by atoms with Crippen LogP contribution >= 0.6 is 0 Å². The number of rotatable bonds is 6. The maximum Gasteiger partial charge on any atom is 0.223 e. The highest BCUT2D eigenvalue weighted by Gasteiger charge is 2.33. The summed E-state index contributed by atoms with van der Waals surface area (Å²) < 4.78 is 5.47. The first-order valence-electron chi connectivity index (χ1n) is 7.57. The number of pyridine rings is 1. The lowest BCUT2D eigenvalue weighted by Gasteiger charge is -2.21. The number of carbonyl (C=O) groups is 1. The third kappa shape index (κ3) is 5.01. The number of aromatic nitrogens is 1. The van der Waals surface area contributed by atoms with Gasteiger partial charge in [-0.05, 0) is 32.3 Å². The van der Waals surface area contributed by atoms with Gasteiger partial charge >= 0.3 is 0 Å². The Bertz CT molecular complexity index is 465. The fourth-order valence-corrected chi connectivity index (χ4v) is 2.60. The molecule has 2 N–H and O–H groups in total. The molecule has 1 aromatic rings. The molecule has 2 rings (SSSR count). The molecule has 0 atom stereocenters. The van der Waals surface area contributed by atoms with Gasteiger partial charge in [-0.25, -0.2) is 4.98 Å². The van der Waals surface area contributed by atoms with Crippen molar-refractivity contribution in [1.29, 1.82) is 0 Å². The van der Waals surface area contributed by atoms with Gasteiger partial charge in [-0.3, -0.25) is 4.79 Å². The van der Waals surface area contributed by atoms with E-state index in [9.17, 15) is 9.90 Å². The molecular weight excluding hydrogens is 268 g/mol. The Labute approximate surface area is 125 Å². The smallest absolute Gasteiger partial charge is 0.223 e. The second kappa shape index (κ2) is 6.89. The third-order valence-corrected chi connectivity index (χ3v) is 3.67. The second-order valence-corrected chi connectivity index (χ2v) is 6.06. The second-order valence-electron chi connectivity index (χ2n) is 6.06. The van der Waals surface area contributed by atoms with Gasteiger partial charge < -0.3 is 15.2 Å². The first-order chi connectivity index (χ1) is 9.97. The van der Waals surface area contributed by atoms with E-state index in [2.05, 4.69) is 10.3 Å². The van der Waals surface area contributed by atoms with Crippen LogP contribution < -0.4 is 10.1 Å². The van der Waals surface area contributed by atoms with E-state index >= 15 is 0 Å². The lowest BCUT2D eigenvalue weighted by atomic mass is 9.98. The minimum atomic E-state index is -0.794. The average molecular weight is 292 g/mol. The quantitative estimate of drug-likeness (QED) is 0.843. The molecule has 116 valence electrons. The molecule has 0 spiro atoms. The molecule has 1 aliphatic carbocycles. The highest BCUT2D eigenvalue weighted by Crippen LogP contribution is 2.32. The number of nitrogens with one attached hydrogen (secondary N) is 1. The molecule has 5 heteroatoms. The average Bonchev–Trinajstić information content (AvgIpc) is 2.84. The van der Waals surface area contributed by atoms with Crippen molar-refractivity contribution in [3.8, 4) is 5.88 Å². The van der Waals surface area contributed by atoms with Crippen molar-refractivity contribution in [1.82, 2.24) is 10.3 Å². The van der Waals surface area contributed by atoms with Gasteiger partial charge in [-0.15, -0.1) is 0 Å². The summed E-state index contributed by atoms with van der Waals surface area (Å²) in [7, 11) is 0. The van der Waals surface area contributed by atoms with Crippen molar-refractivity contribution in [2.24, 2.45) is 0 Å². The lowest BCUT2D eigenvalue weighted by Crippen LogP contribution is -2.34. The summed E-state index contributed by atoms with van der Waals surface area (Å²) in [6.07, 6.45) is 5.44. The summed E-state index contributed by atoms with van der Waals surface area (Å²) in [6, 6.07) is 3.68. The first-order valence-corrected chi connectivity index (χ1v) is 7.57. The van der Waals surface area contributed by atoms with Crippen molar-refractivity contribution in [2.75, 3.05) is 0 Å². The Hall–Kier alpha value is -1.62. The number of aliphatic hydroxyl groups is 1. The molecule has 21 heavy (non-hydrogen) atoms. The summed E-state index contributed by atoms with van der Waals surface area (Å²) >= 11 is 0. The largest absolute Gasteiger partial charge is 0.475 e. The first kappa shape index (κ1) is 15.8. The number of ether oxygens (including phenoxy) is 1. The van der Waals surface area contributed by atoms with Crippen LogP contribution in [-0.4, -0.2) is 27.7 Å². The fourth-order valence-electron chi connectivity index (χ4n) is 2.60. The summed E-state index contributed by atoms with van der Waals surface area (Å²) in [5.41, 5.74) is 0.120. The lowest BCUT2D eigenvalue weighted by molar-refractivity contribution is -0.126. The molecular formula is C16H24N2O3. The predicted octanol–water partition coefficient (Wildman–Crippen LogP) is 2.18. The number of carbonyl (C=O) groups excluding carboxylic acids is 1. The van der Waals surface area contributed by atoms with Crippen LogP contribution in [-0.2, 0) is 11.3 Å². The minimum absolute atomic E-state index is 0.0928. The van der Waals surface area contributed by atoms with E-state index in [1.165, 1.54) is 0 Å². The van der Waals surface area contributed by atoms with Gasteiger partial charge in [0, 0.05) is 18.8 Å². The summed E-state index contributed by atoms with van der Waals surface area (Å²) in [6.45, 7) is 4.32. The molecule has 0 bridgehead atoms. The van der Waals surface area contributed by atoms with Crippen molar-refractivity contribution in [2.45, 2.75) is 64.2 Å². The number of hydrogen-bond donors (Lipinski definition) is 2. The van der Waals surface area contributed by atoms with Crippen LogP contribution in [0, 0.1) is 0 Å². The summed E-state index contributed by atoms with van der Waals surface area (Å²) in [5.74, 6) is 0.474. The highest BCUT2D eigenvalue weighted by molar-refractivity contribution is 5.77. The fraction of sp³-hybridized carbons (Fsp3) is 0.625. The van der Waals surface area contributed by atoms with Crippen LogP contribution in [0.5, 0.6) is 5.88 Å². The van der Waals surface area contributed by atoms with Crippen molar-refractivity contribution in [3.63, 3.8) is 0 Å². The molecule has 0 aliphatic heterocycles. The van der Waals surface area contributed by atoms with E-state index in [0.29, 0.717) is 12.4 Å². The predicted molar refractivity (Wildman–Crippen MR) is 79.9 cm³/mol. The van der Waals surface area contributed by atoms with Crippen LogP contribution in [0.25, 0.3) is 0 Å². The number of hydrogen-bond acceptors (Lipinski definition) is 4. The minimum Gasteiger partial charge on any atom is -0.475 e. The van der Waals surface area contributed by atoms with Crippen LogP contribution in [0.3, 0.4) is 0 Å². The zero-order valence-electron chi connectivity index (χ0n) is 12.8. The van der Waals surface area contributed by atoms with Crippen LogP contribution in [0.2, 0.25) is 0 Å². The van der Waals surface area contributed by atoms with E-state index in [4.69, 9.17) is 4.74 Å². The van der Waals surface area contributed by atoms with Crippen molar-refractivity contribution >= 4 is 5.91 Å². The number of nitrogens with zero attached hydrogens (tertiary/aromatic N) is 1. The molecule has 0 unspecified atom stereocenters. The van der Waals surface area contributed by atoms with Gasteiger partial charge in [0.25, 0.3) is 0 Å². The third-order valence-electron chi connectivity index (χ3n) is 3.67. The summed E-state index contributed by atoms with van der Waals surface area (Å²) in [5, 5.41) is 13.0. The van der Waals surface area contributed by atoms with E-state index in [0.717, 1.165) is 31.2 Å².